The van der Waals surface area contributed by atoms with Gasteiger partial charge in [-0.2, -0.15) is 0 Å². The normalized spacial score (nSPS) is 12.3. The topological polar surface area (TPSA) is 57.0 Å². The fourth-order valence-corrected chi connectivity index (χ4v) is 2.08. The van der Waals surface area contributed by atoms with E-state index in [0.29, 0.717) is 18.8 Å². The largest absolute Gasteiger partial charge is 0.366 e. The molecule has 1 aromatic carbocycles. The average molecular weight is 273 g/mol. The quantitative estimate of drug-likeness (QED) is 0.728. The summed E-state index contributed by atoms with van der Waals surface area (Å²) < 4.78 is 7.26. The van der Waals surface area contributed by atoms with Gasteiger partial charge in [0.05, 0.1) is 6.20 Å². The minimum atomic E-state index is -0.602. The molecule has 20 heavy (non-hydrogen) atoms. The fraction of sp³-hybridized carbons (Fsp3) is 0.400. The molecule has 0 aliphatic carbocycles. The van der Waals surface area contributed by atoms with Crippen LogP contribution in [0, 0.1) is 0 Å². The molecule has 1 heterocycles. The van der Waals surface area contributed by atoms with E-state index in [2.05, 4.69) is 10.3 Å². The second kappa shape index (κ2) is 6.96. The maximum atomic E-state index is 12.7. The number of rotatable bonds is 7. The highest BCUT2D eigenvalue weighted by Crippen LogP contribution is 2.22. The molecular weight excluding hydrogens is 254 g/mol. The average Bonchev–Trinajstić information content (AvgIpc) is 2.94. The third kappa shape index (κ3) is 3.11. The Bertz CT molecular complexity index is 551. The minimum absolute atomic E-state index is 0.100. The summed E-state index contributed by atoms with van der Waals surface area (Å²) in [4.78, 5) is 12.7. The van der Waals surface area contributed by atoms with Crippen LogP contribution in [-0.2, 0) is 11.3 Å². The summed E-state index contributed by atoms with van der Waals surface area (Å²) in [7, 11) is 0. The van der Waals surface area contributed by atoms with Gasteiger partial charge in [0.1, 0.15) is 11.8 Å². The monoisotopic (exact) mass is 273 g/mol. The molecule has 5 heteroatoms. The number of ketones is 1. The first kappa shape index (κ1) is 14.4. The Morgan fingerprint density at radius 2 is 2.05 bits per heavy atom. The molecule has 0 aliphatic heterocycles. The highest BCUT2D eigenvalue weighted by molar-refractivity contribution is 5.98. The van der Waals surface area contributed by atoms with Crippen LogP contribution in [0.1, 0.15) is 42.4 Å². The van der Waals surface area contributed by atoms with Crippen LogP contribution >= 0.6 is 0 Å². The van der Waals surface area contributed by atoms with Crippen LogP contribution < -0.4 is 0 Å². The van der Waals surface area contributed by atoms with Gasteiger partial charge in [0.15, 0.2) is 0 Å². The summed E-state index contributed by atoms with van der Waals surface area (Å²) in [6.45, 7) is 5.06. The standard InChI is InChI=1S/C15H19N3O2/c1-3-10-18-13(11-16-17-18)14(19)15(20-4-2)12-8-6-5-7-9-12/h5-9,11,15H,3-4,10H2,1-2H3. The van der Waals surface area contributed by atoms with Gasteiger partial charge in [-0.15, -0.1) is 5.10 Å². The van der Waals surface area contributed by atoms with Crippen LogP contribution in [0.5, 0.6) is 0 Å². The summed E-state index contributed by atoms with van der Waals surface area (Å²) >= 11 is 0. The molecule has 1 aromatic heterocycles. The first-order valence-corrected chi connectivity index (χ1v) is 6.87. The van der Waals surface area contributed by atoms with Crippen molar-refractivity contribution in [3.8, 4) is 0 Å². The molecule has 0 amide bonds. The number of carbonyl (C=O) groups is 1. The van der Waals surface area contributed by atoms with Gasteiger partial charge in [-0.3, -0.25) is 4.79 Å². The Kier molecular flexibility index (Phi) is 5.01. The van der Waals surface area contributed by atoms with Crippen molar-refractivity contribution in [3.05, 3.63) is 47.8 Å². The molecule has 0 fully saturated rings. The van der Waals surface area contributed by atoms with Crippen LogP contribution in [0.2, 0.25) is 0 Å². The van der Waals surface area contributed by atoms with E-state index in [4.69, 9.17) is 4.74 Å². The molecule has 2 aromatic rings. The Hall–Kier alpha value is -2.01. The Balaban J connectivity index is 2.29. The van der Waals surface area contributed by atoms with Crippen molar-refractivity contribution in [3.63, 3.8) is 0 Å². The number of aryl methyl sites for hydroxylation is 1. The molecule has 0 saturated carbocycles. The number of ether oxygens (including phenoxy) is 1. The molecule has 5 nitrogen and oxygen atoms in total. The van der Waals surface area contributed by atoms with Crippen molar-refractivity contribution < 1.29 is 9.53 Å². The Morgan fingerprint density at radius 1 is 1.30 bits per heavy atom. The zero-order valence-electron chi connectivity index (χ0n) is 11.8. The minimum Gasteiger partial charge on any atom is -0.366 e. The van der Waals surface area contributed by atoms with Gasteiger partial charge in [0.25, 0.3) is 0 Å². The zero-order chi connectivity index (χ0) is 14.4. The van der Waals surface area contributed by atoms with Crippen LogP contribution in [0.4, 0.5) is 0 Å². The first-order valence-electron chi connectivity index (χ1n) is 6.87. The lowest BCUT2D eigenvalue weighted by molar-refractivity contribution is 0.0442. The Morgan fingerprint density at radius 3 is 2.70 bits per heavy atom. The predicted octanol–water partition coefficient (Wildman–Crippen LogP) is 2.65. The van der Waals surface area contributed by atoms with Crippen molar-refractivity contribution >= 4 is 5.78 Å². The molecule has 0 radical (unpaired) electrons. The third-order valence-electron chi connectivity index (χ3n) is 2.98. The highest BCUT2D eigenvalue weighted by Gasteiger charge is 2.25. The number of hydrogen-bond acceptors (Lipinski definition) is 4. The van der Waals surface area contributed by atoms with E-state index in [-0.39, 0.29) is 5.78 Å². The van der Waals surface area contributed by atoms with Gasteiger partial charge >= 0.3 is 0 Å². The molecule has 0 spiro atoms. The van der Waals surface area contributed by atoms with Crippen molar-refractivity contribution in [1.29, 1.82) is 0 Å². The number of carbonyl (C=O) groups excluding carboxylic acids is 1. The fourth-order valence-electron chi connectivity index (χ4n) is 2.08. The van der Waals surface area contributed by atoms with E-state index in [1.165, 1.54) is 6.20 Å². The highest BCUT2D eigenvalue weighted by atomic mass is 16.5. The summed E-state index contributed by atoms with van der Waals surface area (Å²) in [5.41, 5.74) is 1.35. The number of aromatic nitrogens is 3. The van der Waals surface area contributed by atoms with Crippen LogP contribution in [0.25, 0.3) is 0 Å². The smallest absolute Gasteiger partial charge is 0.215 e. The van der Waals surface area contributed by atoms with E-state index in [1.54, 1.807) is 4.68 Å². The number of Topliss-reactive ketones (excluding diaryl/α,β-unsaturated/α-hetero) is 1. The van der Waals surface area contributed by atoms with E-state index in [1.807, 2.05) is 44.2 Å². The van der Waals surface area contributed by atoms with Gasteiger partial charge in [-0.05, 0) is 18.9 Å². The maximum absolute atomic E-state index is 12.7. The van der Waals surface area contributed by atoms with E-state index in [9.17, 15) is 4.79 Å². The Labute approximate surface area is 118 Å². The molecule has 2 rings (SSSR count). The van der Waals surface area contributed by atoms with Crippen molar-refractivity contribution in [1.82, 2.24) is 15.0 Å². The van der Waals surface area contributed by atoms with Gasteiger partial charge in [0.2, 0.25) is 5.78 Å². The van der Waals surface area contributed by atoms with E-state index in [0.717, 1.165) is 12.0 Å². The lowest BCUT2D eigenvalue weighted by Crippen LogP contribution is -2.20. The second-order valence-electron chi connectivity index (χ2n) is 4.45. The summed E-state index contributed by atoms with van der Waals surface area (Å²) in [6, 6.07) is 9.50. The summed E-state index contributed by atoms with van der Waals surface area (Å²) in [6.07, 6.45) is 1.80. The molecular formula is C15H19N3O2. The molecule has 0 N–H and O–H groups in total. The lowest BCUT2D eigenvalue weighted by Gasteiger charge is -2.16. The lowest BCUT2D eigenvalue weighted by atomic mass is 10.0. The summed E-state index contributed by atoms with van der Waals surface area (Å²) in [5, 5.41) is 7.79. The van der Waals surface area contributed by atoms with Gasteiger partial charge < -0.3 is 4.74 Å². The molecule has 1 unspecified atom stereocenters. The molecule has 1 atom stereocenters. The van der Waals surface area contributed by atoms with Crippen molar-refractivity contribution in [2.75, 3.05) is 6.61 Å². The predicted molar refractivity (Wildman–Crippen MR) is 75.5 cm³/mol. The summed E-state index contributed by atoms with van der Waals surface area (Å²) in [5.74, 6) is -0.100. The third-order valence-corrected chi connectivity index (χ3v) is 2.98. The van der Waals surface area contributed by atoms with Gasteiger partial charge in [0, 0.05) is 13.2 Å². The van der Waals surface area contributed by atoms with Crippen molar-refractivity contribution in [2.45, 2.75) is 32.9 Å². The van der Waals surface area contributed by atoms with Crippen LogP contribution in [-0.4, -0.2) is 27.4 Å². The molecule has 0 aliphatic rings. The van der Waals surface area contributed by atoms with E-state index < -0.39 is 6.10 Å². The van der Waals surface area contributed by atoms with Crippen LogP contribution in [0.15, 0.2) is 36.5 Å². The molecule has 106 valence electrons. The SMILES string of the molecule is CCCn1nncc1C(=O)C(OCC)c1ccccc1. The number of benzene rings is 1. The molecule has 0 bridgehead atoms. The van der Waals surface area contributed by atoms with Crippen molar-refractivity contribution in [2.24, 2.45) is 0 Å². The molecule has 0 saturated heterocycles. The number of nitrogens with zero attached hydrogens (tertiary/aromatic N) is 3. The van der Waals surface area contributed by atoms with Crippen LogP contribution in [0.3, 0.4) is 0 Å². The number of hydrogen-bond donors (Lipinski definition) is 0. The van der Waals surface area contributed by atoms with Gasteiger partial charge in [-0.25, -0.2) is 4.68 Å². The maximum Gasteiger partial charge on any atom is 0.215 e. The van der Waals surface area contributed by atoms with E-state index >= 15 is 0 Å². The first-order chi connectivity index (χ1) is 9.77. The zero-order valence-corrected chi connectivity index (χ0v) is 11.8. The van der Waals surface area contributed by atoms with Gasteiger partial charge in [-0.1, -0.05) is 42.5 Å². The second-order valence-corrected chi connectivity index (χ2v) is 4.45.